The number of anilines is 2. The number of hydrogen-bond acceptors (Lipinski definition) is 5. The lowest BCUT2D eigenvalue weighted by atomic mass is 10.1. The maximum atomic E-state index is 12.5. The van der Waals surface area contributed by atoms with Crippen molar-refractivity contribution >= 4 is 44.7 Å². The first kappa shape index (κ1) is 12.0. The predicted molar refractivity (Wildman–Crippen MR) is 81.6 cm³/mol. The van der Waals surface area contributed by atoms with E-state index in [0.29, 0.717) is 16.9 Å². The van der Waals surface area contributed by atoms with Crippen LogP contribution in [-0.4, -0.2) is 16.8 Å². The molecule has 0 atom stereocenters. The van der Waals surface area contributed by atoms with Gasteiger partial charge in [0.2, 0.25) is 0 Å². The van der Waals surface area contributed by atoms with E-state index in [1.54, 1.807) is 41.9 Å². The highest BCUT2D eigenvalue weighted by molar-refractivity contribution is 7.16. The van der Waals surface area contributed by atoms with Crippen molar-refractivity contribution in [2.75, 3.05) is 10.6 Å². The summed E-state index contributed by atoms with van der Waals surface area (Å²) in [6.07, 6.45) is 0. The zero-order valence-electron chi connectivity index (χ0n) is 10.7. The monoisotopic (exact) mass is 295 g/mol. The molecule has 0 spiro atoms. The van der Waals surface area contributed by atoms with Gasteiger partial charge in [-0.05, 0) is 30.3 Å². The van der Waals surface area contributed by atoms with E-state index in [2.05, 4.69) is 4.98 Å². The maximum absolute atomic E-state index is 12.5. The Morgan fingerprint density at radius 2 is 1.95 bits per heavy atom. The van der Waals surface area contributed by atoms with Crippen LogP contribution in [0.1, 0.15) is 20.7 Å². The first-order chi connectivity index (χ1) is 10.2. The van der Waals surface area contributed by atoms with Crippen LogP contribution in [0.3, 0.4) is 0 Å². The lowest BCUT2D eigenvalue weighted by molar-refractivity contribution is 0.0926. The molecule has 0 radical (unpaired) electrons. The van der Waals surface area contributed by atoms with Gasteiger partial charge in [-0.1, -0.05) is 6.07 Å². The number of fused-ring (bicyclic) bond motifs is 2. The maximum Gasteiger partial charge on any atom is 0.268 e. The Morgan fingerprint density at radius 1 is 1.10 bits per heavy atom. The number of thiazole rings is 1. The lowest BCUT2D eigenvalue weighted by Gasteiger charge is -2.13. The summed E-state index contributed by atoms with van der Waals surface area (Å²) >= 11 is 1.46. The number of aromatic nitrogens is 1. The third-order valence-electron chi connectivity index (χ3n) is 3.52. The molecule has 1 aliphatic rings. The van der Waals surface area contributed by atoms with E-state index in [0.717, 1.165) is 10.2 Å². The van der Waals surface area contributed by atoms with Gasteiger partial charge in [0.25, 0.3) is 11.8 Å². The second-order valence-corrected chi connectivity index (χ2v) is 5.61. The first-order valence-electron chi connectivity index (χ1n) is 6.27. The topological polar surface area (TPSA) is 76.3 Å². The van der Waals surface area contributed by atoms with Gasteiger partial charge in [0.1, 0.15) is 0 Å². The number of nitrogens with zero attached hydrogens (tertiary/aromatic N) is 2. The van der Waals surface area contributed by atoms with E-state index in [9.17, 15) is 9.59 Å². The number of carbonyl (C=O) groups is 2. The summed E-state index contributed by atoms with van der Waals surface area (Å²) in [5, 5.41) is 0. The number of hydrogen-bond donors (Lipinski definition) is 1. The number of rotatable bonds is 1. The summed E-state index contributed by atoms with van der Waals surface area (Å²) in [6.45, 7) is 0. The number of nitrogen functional groups attached to an aromatic ring is 1. The molecule has 2 aromatic carbocycles. The average molecular weight is 295 g/mol. The molecule has 6 heteroatoms. The summed E-state index contributed by atoms with van der Waals surface area (Å²) in [6, 6.07) is 10.2. The third kappa shape index (κ3) is 1.59. The molecule has 0 aliphatic carbocycles. The fraction of sp³-hybridized carbons (Fsp3) is 0. The zero-order valence-corrected chi connectivity index (χ0v) is 11.6. The molecule has 0 bridgehead atoms. The summed E-state index contributed by atoms with van der Waals surface area (Å²) in [5.74, 6) is -0.719. The fourth-order valence-corrected chi connectivity index (χ4v) is 3.24. The Labute approximate surface area is 123 Å². The standard InChI is InChI=1S/C15H9N3O2S/c16-10-3-1-2-9-13(10)15(20)18(14(9)19)8-4-5-11-12(6-8)21-7-17-11/h1-7H,16H2. The molecule has 0 saturated carbocycles. The van der Waals surface area contributed by atoms with Crippen LogP contribution in [0, 0.1) is 0 Å². The average Bonchev–Trinajstić information content (AvgIpc) is 3.03. The van der Waals surface area contributed by atoms with Gasteiger partial charge in [0.15, 0.2) is 0 Å². The van der Waals surface area contributed by atoms with Crippen LogP contribution in [-0.2, 0) is 0 Å². The Kier molecular flexibility index (Phi) is 2.37. The van der Waals surface area contributed by atoms with Crippen molar-refractivity contribution in [1.29, 1.82) is 0 Å². The minimum Gasteiger partial charge on any atom is -0.398 e. The smallest absolute Gasteiger partial charge is 0.268 e. The number of nitrogens with two attached hydrogens (primary N) is 1. The van der Waals surface area contributed by atoms with Crippen molar-refractivity contribution in [3.8, 4) is 0 Å². The van der Waals surface area contributed by atoms with Gasteiger partial charge in [-0.25, -0.2) is 9.88 Å². The summed E-state index contributed by atoms with van der Waals surface area (Å²) in [5.41, 5.74) is 9.91. The largest absolute Gasteiger partial charge is 0.398 e. The molecule has 0 saturated heterocycles. The molecular weight excluding hydrogens is 286 g/mol. The van der Waals surface area contributed by atoms with Crippen LogP contribution < -0.4 is 10.6 Å². The van der Waals surface area contributed by atoms with Gasteiger partial charge >= 0.3 is 0 Å². The van der Waals surface area contributed by atoms with Gasteiger partial charge in [-0.3, -0.25) is 9.59 Å². The summed E-state index contributed by atoms with van der Waals surface area (Å²) < 4.78 is 0.928. The Morgan fingerprint density at radius 3 is 2.76 bits per heavy atom. The molecule has 1 aromatic heterocycles. The van der Waals surface area contributed by atoms with E-state index >= 15 is 0 Å². The lowest BCUT2D eigenvalue weighted by Crippen LogP contribution is -2.29. The molecule has 1 aliphatic heterocycles. The number of carbonyl (C=O) groups excluding carboxylic acids is 2. The minimum atomic E-state index is -0.378. The van der Waals surface area contributed by atoms with Crippen molar-refractivity contribution in [3.05, 3.63) is 53.0 Å². The van der Waals surface area contributed by atoms with E-state index in [1.807, 2.05) is 0 Å². The molecule has 5 nitrogen and oxygen atoms in total. The second kappa shape index (κ2) is 4.13. The Bertz CT molecular complexity index is 916. The van der Waals surface area contributed by atoms with Crippen LogP contribution in [0.5, 0.6) is 0 Å². The van der Waals surface area contributed by atoms with Gasteiger partial charge in [0.05, 0.1) is 32.5 Å². The van der Waals surface area contributed by atoms with Crippen LogP contribution in [0.2, 0.25) is 0 Å². The molecule has 2 amide bonds. The fourth-order valence-electron chi connectivity index (χ4n) is 2.53. The summed E-state index contributed by atoms with van der Waals surface area (Å²) in [7, 11) is 0. The second-order valence-electron chi connectivity index (χ2n) is 4.72. The highest BCUT2D eigenvalue weighted by atomic mass is 32.1. The summed E-state index contributed by atoms with van der Waals surface area (Å²) in [4.78, 5) is 30.3. The predicted octanol–water partition coefficient (Wildman–Crippen LogP) is 2.68. The highest BCUT2D eigenvalue weighted by Gasteiger charge is 2.38. The molecule has 3 aromatic rings. The normalized spacial score (nSPS) is 14.0. The van der Waals surface area contributed by atoms with E-state index in [1.165, 1.54) is 16.2 Å². The van der Waals surface area contributed by atoms with E-state index in [4.69, 9.17) is 5.73 Å². The SMILES string of the molecule is Nc1cccc2c1C(=O)N(c1ccc3ncsc3c1)C2=O. The van der Waals surface area contributed by atoms with Gasteiger partial charge < -0.3 is 5.73 Å². The van der Waals surface area contributed by atoms with Crippen molar-refractivity contribution in [3.63, 3.8) is 0 Å². The Hall–Kier alpha value is -2.73. The van der Waals surface area contributed by atoms with Gasteiger partial charge in [0, 0.05) is 5.69 Å². The highest BCUT2D eigenvalue weighted by Crippen LogP contribution is 2.33. The van der Waals surface area contributed by atoms with Crippen LogP contribution in [0.15, 0.2) is 41.9 Å². The molecule has 102 valence electrons. The minimum absolute atomic E-state index is 0.284. The number of amides is 2. The quantitative estimate of drug-likeness (QED) is 0.553. The van der Waals surface area contributed by atoms with Crippen molar-refractivity contribution < 1.29 is 9.59 Å². The molecule has 4 rings (SSSR count). The molecule has 2 heterocycles. The van der Waals surface area contributed by atoms with E-state index < -0.39 is 0 Å². The number of benzene rings is 2. The molecule has 0 unspecified atom stereocenters. The van der Waals surface area contributed by atoms with Gasteiger partial charge in [-0.15, -0.1) is 11.3 Å². The van der Waals surface area contributed by atoms with Crippen molar-refractivity contribution in [2.24, 2.45) is 0 Å². The molecule has 2 N–H and O–H groups in total. The van der Waals surface area contributed by atoms with Crippen molar-refractivity contribution in [1.82, 2.24) is 4.98 Å². The van der Waals surface area contributed by atoms with Crippen LogP contribution in [0.25, 0.3) is 10.2 Å². The zero-order chi connectivity index (χ0) is 14.6. The van der Waals surface area contributed by atoms with E-state index in [-0.39, 0.29) is 17.4 Å². The molecular formula is C15H9N3O2S. The molecule has 0 fully saturated rings. The first-order valence-corrected chi connectivity index (χ1v) is 7.15. The third-order valence-corrected chi connectivity index (χ3v) is 4.31. The van der Waals surface area contributed by atoms with Crippen LogP contribution in [0.4, 0.5) is 11.4 Å². The van der Waals surface area contributed by atoms with Gasteiger partial charge in [-0.2, -0.15) is 0 Å². The molecule has 21 heavy (non-hydrogen) atoms. The van der Waals surface area contributed by atoms with Crippen LogP contribution >= 0.6 is 11.3 Å². The Balaban J connectivity index is 1.89. The number of imide groups is 1. The van der Waals surface area contributed by atoms with Crippen molar-refractivity contribution in [2.45, 2.75) is 0 Å².